The molecule has 2 aliphatic heterocycles. The average Bonchev–Trinajstić information content (AvgIpc) is 3.86. The minimum absolute atomic E-state index is 0.108. The number of ether oxygens (including phenoxy) is 3. The molecule has 0 saturated carbocycles. The molecule has 72 heavy (non-hydrogen) atoms. The number of rotatable bonds is 10. The van der Waals surface area contributed by atoms with E-state index in [1.165, 1.54) is 24.8 Å². The lowest BCUT2D eigenvalue weighted by atomic mass is 10.1. The Bertz CT molecular complexity index is 3130. The summed E-state index contributed by atoms with van der Waals surface area (Å²) >= 11 is 12.9. The first-order valence-electron chi connectivity index (χ1n) is 23.5. The lowest BCUT2D eigenvalue weighted by Crippen LogP contribution is -2.49. The van der Waals surface area contributed by atoms with Gasteiger partial charge in [0.1, 0.15) is 33.6 Å². The highest BCUT2D eigenvalue weighted by molar-refractivity contribution is 6.31. The fourth-order valence-electron chi connectivity index (χ4n) is 8.73. The summed E-state index contributed by atoms with van der Waals surface area (Å²) in [4.78, 5) is 90.8. The maximum absolute atomic E-state index is 13.5. The van der Waals surface area contributed by atoms with E-state index in [1.54, 1.807) is 43.5 Å². The van der Waals surface area contributed by atoms with Crippen LogP contribution in [-0.2, 0) is 34.3 Å². The zero-order chi connectivity index (χ0) is 52.2. The zero-order valence-electron chi connectivity index (χ0n) is 41.5. The van der Waals surface area contributed by atoms with Gasteiger partial charge < -0.3 is 58.4 Å². The van der Waals surface area contributed by atoms with Crippen LogP contribution in [0.2, 0.25) is 10.0 Å². The predicted molar refractivity (Wildman–Crippen MR) is 274 cm³/mol. The number of halogens is 2. The number of benzene rings is 2. The maximum atomic E-state index is 13.5. The maximum Gasteiger partial charge on any atom is 0.407 e. The minimum Gasteiger partial charge on any atom is -0.477 e. The number of piperidine rings is 2. The van der Waals surface area contributed by atoms with Crippen LogP contribution >= 0.6 is 23.2 Å². The summed E-state index contributed by atoms with van der Waals surface area (Å²) in [7, 11) is 2.80. The largest absolute Gasteiger partial charge is 0.477 e. The van der Waals surface area contributed by atoms with Gasteiger partial charge in [-0.15, -0.1) is 0 Å². The highest BCUT2D eigenvalue weighted by Crippen LogP contribution is 2.30. The van der Waals surface area contributed by atoms with Gasteiger partial charge in [0.05, 0.1) is 31.2 Å². The number of H-pyrrole nitrogens is 1. The molecule has 2 saturated heterocycles. The summed E-state index contributed by atoms with van der Waals surface area (Å²) in [6.07, 6.45) is 2.18. The molecule has 2 atom stereocenters. The van der Waals surface area contributed by atoms with Crippen molar-refractivity contribution in [3.8, 4) is 0 Å². The molecule has 2 fully saturated rings. The Hall–Kier alpha value is -7.06. The number of carboxylic acid groups (broad SMARTS) is 1. The van der Waals surface area contributed by atoms with Crippen molar-refractivity contribution in [3.05, 3.63) is 114 Å². The van der Waals surface area contributed by atoms with Crippen molar-refractivity contribution in [2.75, 3.05) is 43.1 Å². The second kappa shape index (κ2) is 21.7. The molecule has 6 heterocycles. The number of fused-ring (bicyclic) bond motifs is 2. The monoisotopic (exact) mass is 1030 g/mol. The van der Waals surface area contributed by atoms with E-state index in [1.807, 2.05) is 71.5 Å². The minimum atomic E-state index is -1.24. The Morgan fingerprint density at radius 3 is 1.64 bits per heavy atom. The molecule has 20 nitrogen and oxygen atoms in total. The zero-order valence-corrected chi connectivity index (χ0v) is 43.0. The number of nitrogens with one attached hydrogen (secondary N) is 3. The number of hydrogen-bond acceptors (Lipinski definition) is 13. The van der Waals surface area contributed by atoms with Gasteiger partial charge in [0.25, 0.3) is 11.1 Å². The number of aromatic carboxylic acids is 1. The molecule has 0 bridgehead atoms. The highest BCUT2D eigenvalue weighted by atomic mass is 35.5. The van der Waals surface area contributed by atoms with Crippen molar-refractivity contribution in [2.45, 2.75) is 104 Å². The molecule has 22 heteroatoms. The van der Waals surface area contributed by atoms with Gasteiger partial charge in [-0.1, -0.05) is 59.6 Å². The normalized spacial score (nSPS) is 16.2. The van der Waals surface area contributed by atoms with Gasteiger partial charge in [0, 0.05) is 55.4 Å². The fourth-order valence-corrected chi connectivity index (χ4v) is 9.12. The van der Waals surface area contributed by atoms with Crippen LogP contribution < -0.4 is 31.6 Å². The predicted octanol–water partition coefficient (Wildman–Crippen LogP) is 7.33. The quantitative estimate of drug-likeness (QED) is 0.0777. The Morgan fingerprint density at radius 2 is 1.19 bits per heavy atom. The number of aromatic nitrogens is 6. The van der Waals surface area contributed by atoms with Gasteiger partial charge in [-0.3, -0.25) is 9.59 Å². The number of nitrogens with zero attached hydrogens (tertiary/aromatic N) is 7. The third-order valence-electron chi connectivity index (χ3n) is 11.9. The lowest BCUT2D eigenvalue weighted by Gasteiger charge is -2.34. The molecule has 6 aromatic rings. The van der Waals surface area contributed by atoms with Crippen LogP contribution in [-0.4, -0.2) is 114 Å². The molecule has 0 spiro atoms. The van der Waals surface area contributed by atoms with Crippen molar-refractivity contribution in [1.29, 1.82) is 0 Å². The average molecular weight is 1030 g/mol. The van der Waals surface area contributed by atoms with Gasteiger partial charge in [-0.2, -0.15) is 0 Å². The topological polar surface area (TPSA) is 237 Å². The number of anilines is 2. The van der Waals surface area contributed by atoms with Crippen LogP contribution in [0.4, 0.5) is 21.5 Å². The van der Waals surface area contributed by atoms with Crippen LogP contribution in [0.25, 0.3) is 22.1 Å². The van der Waals surface area contributed by atoms with Crippen LogP contribution in [0.3, 0.4) is 0 Å². The summed E-state index contributed by atoms with van der Waals surface area (Å²) in [5, 5.41) is 16.4. The molecule has 384 valence electrons. The summed E-state index contributed by atoms with van der Waals surface area (Å²) < 4.78 is 20.5. The van der Waals surface area contributed by atoms with Gasteiger partial charge in [0.15, 0.2) is 0 Å². The molecule has 4 N–H and O–H groups in total. The second-order valence-electron chi connectivity index (χ2n) is 19.7. The summed E-state index contributed by atoms with van der Waals surface area (Å²) in [5.74, 6) is -0.803. The molecule has 2 aliphatic rings. The third kappa shape index (κ3) is 12.5. The van der Waals surface area contributed by atoms with E-state index >= 15 is 0 Å². The van der Waals surface area contributed by atoms with Crippen LogP contribution in [0.5, 0.6) is 0 Å². The Balaban J connectivity index is 0.000000212. The molecule has 0 radical (unpaired) electrons. The molecule has 2 amide bonds. The van der Waals surface area contributed by atoms with Crippen LogP contribution in [0, 0.1) is 0 Å². The number of carbonyl (C=O) groups excluding carboxylic acids is 3. The number of amides is 2. The number of methoxy groups -OCH3 is 1. The Kier molecular flexibility index (Phi) is 15.9. The standard InChI is InChI=1S/C26H32ClN5O5.C24H28ClN5O5/c1-26(2,3)37-25(35)28-17-10-8-12-31(15-17)24-29-19-13-20(23(34)36-5)30(4)22(33)21(19)32(24)14-16-9-6-7-11-18(16)27;1-24(2,3)35-23(34)26-15-8-6-10-29(13-15)22-28-17-11-18(21(32)33)27-20(31)19(17)30(22)12-14-7-4-5-9-16(14)25/h6-7,9,11,13,17H,8,10,12,14-15H2,1-5H3,(H,28,35);4-5,7,9,11,15H,6,8,10,12-13H2,1-3H3,(H,26,34)(H,27,31)(H,32,33)/t17-;15-/m11/s1. The van der Waals surface area contributed by atoms with Crippen molar-refractivity contribution in [2.24, 2.45) is 7.05 Å². The van der Waals surface area contributed by atoms with Crippen molar-refractivity contribution >= 4 is 81.3 Å². The van der Waals surface area contributed by atoms with Gasteiger partial charge in [0.2, 0.25) is 11.9 Å². The number of esters is 1. The summed E-state index contributed by atoms with van der Waals surface area (Å²) in [5.41, 5.74) is 0.624. The number of aromatic amines is 1. The van der Waals surface area contributed by atoms with Crippen molar-refractivity contribution < 1.29 is 38.5 Å². The molecule has 0 aliphatic carbocycles. The smallest absolute Gasteiger partial charge is 0.407 e. The Morgan fingerprint density at radius 1 is 0.736 bits per heavy atom. The number of alkyl carbamates (subject to hydrolysis) is 2. The highest BCUT2D eigenvalue weighted by Gasteiger charge is 2.31. The van der Waals surface area contributed by atoms with E-state index in [0.29, 0.717) is 65.7 Å². The van der Waals surface area contributed by atoms with Crippen LogP contribution in [0.1, 0.15) is 99.3 Å². The molecule has 2 aromatic carbocycles. The van der Waals surface area contributed by atoms with Gasteiger partial charge in [-0.05, 0) is 103 Å². The van der Waals surface area contributed by atoms with Gasteiger partial charge in [-0.25, -0.2) is 29.1 Å². The van der Waals surface area contributed by atoms with Crippen molar-refractivity contribution in [1.82, 2.24) is 39.3 Å². The van der Waals surface area contributed by atoms with Crippen LogP contribution in [0.15, 0.2) is 70.3 Å². The molecular formula is C50H60Cl2N10O10. The number of hydrogen-bond donors (Lipinski definition) is 4. The number of pyridine rings is 2. The third-order valence-corrected chi connectivity index (χ3v) is 12.6. The molecule has 0 unspecified atom stereocenters. The molecular weight excluding hydrogens is 972 g/mol. The fraction of sp³-hybridized carbons (Fsp3) is 0.440. The summed E-state index contributed by atoms with van der Waals surface area (Å²) in [6.45, 7) is 13.7. The summed E-state index contributed by atoms with van der Waals surface area (Å²) in [6, 6.07) is 17.3. The number of imidazole rings is 2. The van der Waals surface area contributed by atoms with Gasteiger partial charge >= 0.3 is 24.1 Å². The first-order chi connectivity index (χ1) is 34.0. The van der Waals surface area contributed by atoms with E-state index < -0.39 is 40.9 Å². The first kappa shape index (κ1) is 52.8. The molecule has 4 aromatic heterocycles. The van der Waals surface area contributed by atoms with E-state index in [9.17, 15) is 33.9 Å². The number of carbonyl (C=O) groups is 4. The number of carboxylic acids is 1. The first-order valence-corrected chi connectivity index (χ1v) is 24.3. The Labute approximate surface area is 425 Å². The lowest BCUT2D eigenvalue weighted by molar-refractivity contribution is 0.0488. The van der Waals surface area contributed by atoms with E-state index in [2.05, 4.69) is 20.6 Å². The van der Waals surface area contributed by atoms with E-state index in [4.69, 9.17) is 42.4 Å². The SMILES string of the molecule is CC(C)(C)OC(=O)N[C@@H]1CCCN(c2nc3cc(C(=O)O)[nH]c(=O)c3n2Cc2ccccc2Cl)C1.COC(=O)c1cc2nc(N3CCC[C@@H](NC(=O)OC(C)(C)C)C3)n(Cc3ccccc3Cl)c2c(=O)n1C. The van der Waals surface area contributed by atoms with E-state index in [0.717, 1.165) is 36.8 Å². The molecule has 8 rings (SSSR count). The van der Waals surface area contributed by atoms with E-state index in [-0.39, 0.29) is 46.6 Å². The second-order valence-corrected chi connectivity index (χ2v) is 20.5. The van der Waals surface area contributed by atoms with Crippen molar-refractivity contribution in [3.63, 3.8) is 0 Å².